The van der Waals surface area contributed by atoms with Crippen LogP contribution in [0.15, 0.2) is 16.5 Å². The minimum absolute atomic E-state index is 0.0361. The smallest absolute Gasteiger partial charge is 0.305 e. The zero-order valence-corrected chi connectivity index (χ0v) is 7.91. The largest absolute Gasteiger partial charge is 0.439 e. The van der Waals surface area contributed by atoms with Crippen molar-refractivity contribution in [2.75, 3.05) is 0 Å². The molecular formula is C6H6ClN3O2S. The van der Waals surface area contributed by atoms with E-state index in [1.54, 1.807) is 0 Å². The molecule has 0 radical (unpaired) electrons. The van der Waals surface area contributed by atoms with Crippen molar-refractivity contribution in [3.8, 4) is 0 Å². The Balaban J connectivity index is 2.54. The summed E-state index contributed by atoms with van der Waals surface area (Å²) in [6.07, 6.45) is 0. The first-order valence-corrected chi connectivity index (χ1v) is 3.99. The topological polar surface area (TPSA) is 80.3 Å². The highest BCUT2D eigenvalue weighted by molar-refractivity contribution is 7.80. The molecule has 0 unspecified atom stereocenters. The number of thiocarbonyl (C=S) groups is 1. The fraction of sp³-hybridized carbons (Fsp3) is 0. The molecule has 0 aliphatic rings. The normalized spacial score (nSPS) is 9.31. The van der Waals surface area contributed by atoms with Gasteiger partial charge in [-0.3, -0.25) is 15.6 Å². The van der Waals surface area contributed by atoms with E-state index in [1.165, 1.54) is 12.1 Å². The summed E-state index contributed by atoms with van der Waals surface area (Å²) in [7, 11) is 0. The zero-order valence-electron chi connectivity index (χ0n) is 6.33. The van der Waals surface area contributed by atoms with Gasteiger partial charge < -0.3 is 10.2 Å². The highest BCUT2D eigenvalue weighted by Crippen LogP contribution is 2.12. The number of carbonyl (C=O) groups excluding carboxylic acids is 1. The number of furan rings is 1. The SMILES string of the molecule is NC(=S)NNC(=O)c1ccc(Cl)o1. The highest BCUT2D eigenvalue weighted by atomic mass is 35.5. The summed E-state index contributed by atoms with van der Waals surface area (Å²) in [5.74, 6) is -0.423. The molecule has 1 heterocycles. The minimum atomic E-state index is -0.500. The third kappa shape index (κ3) is 2.92. The van der Waals surface area contributed by atoms with Gasteiger partial charge in [-0.2, -0.15) is 0 Å². The Bertz CT molecular complexity index is 338. The quantitative estimate of drug-likeness (QED) is 0.471. The van der Waals surface area contributed by atoms with Crippen molar-refractivity contribution in [3.05, 3.63) is 23.1 Å². The molecular weight excluding hydrogens is 214 g/mol. The number of halogens is 1. The number of hydrazine groups is 1. The molecule has 0 bridgehead atoms. The van der Waals surface area contributed by atoms with Crippen LogP contribution >= 0.6 is 23.8 Å². The van der Waals surface area contributed by atoms with Crippen LogP contribution in [0, 0.1) is 0 Å². The van der Waals surface area contributed by atoms with Gasteiger partial charge in [0.25, 0.3) is 0 Å². The van der Waals surface area contributed by atoms with Crippen LogP contribution in [0.2, 0.25) is 5.22 Å². The molecule has 0 fully saturated rings. The molecule has 0 aliphatic heterocycles. The molecule has 4 N–H and O–H groups in total. The summed E-state index contributed by atoms with van der Waals surface area (Å²) in [6, 6.07) is 2.89. The van der Waals surface area contributed by atoms with E-state index in [4.69, 9.17) is 21.8 Å². The molecule has 0 saturated carbocycles. The summed E-state index contributed by atoms with van der Waals surface area (Å²) in [5, 5.41) is 0.103. The molecule has 7 heteroatoms. The van der Waals surface area contributed by atoms with Crippen LogP contribution in [0.3, 0.4) is 0 Å². The summed E-state index contributed by atoms with van der Waals surface area (Å²) >= 11 is 9.91. The molecule has 1 aromatic rings. The first-order valence-electron chi connectivity index (χ1n) is 3.20. The van der Waals surface area contributed by atoms with Gasteiger partial charge in [-0.15, -0.1) is 0 Å². The monoisotopic (exact) mass is 219 g/mol. The number of rotatable bonds is 1. The van der Waals surface area contributed by atoms with Crippen molar-refractivity contribution in [2.45, 2.75) is 0 Å². The number of nitrogens with one attached hydrogen (secondary N) is 2. The van der Waals surface area contributed by atoms with Gasteiger partial charge in [0.1, 0.15) is 0 Å². The number of carbonyl (C=O) groups is 1. The van der Waals surface area contributed by atoms with E-state index in [2.05, 4.69) is 23.1 Å². The second kappa shape index (κ2) is 4.11. The highest BCUT2D eigenvalue weighted by Gasteiger charge is 2.09. The molecule has 0 saturated heterocycles. The number of hydrogen-bond acceptors (Lipinski definition) is 3. The van der Waals surface area contributed by atoms with E-state index in [1.807, 2.05) is 0 Å². The summed E-state index contributed by atoms with van der Waals surface area (Å²) in [6.45, 7) is 0. The van der Waals surface area contributed by atoms with Gasteiger partial charge in [-0.25, -0.2) is 0 Å². The number of amides is 1. The first-order chi connectivity index (χ1) is 6.09. The van der Waals surface area contributed by atoms with Gasteiger partial charge in [0.15, 0.2) is 16.1 Å². The van der Waals surface area contributed by atoms with Crippen molar-refractivity contribution in [1.82, 2.24) is 10.9 Å². The van der Waals surface area contributed by atoms with Crippen molar-refractivity contribution < 1.29 is 9.21 Å². The Hall–Kier alpha value is -1.27. The van der Waals surface area contributed by atoms with E-state index < -0.39 is 5.91 Å². The molecule has 0 aromatic carbocycles. The molecule has 0 atom stereocenters. The van der Waals surface area contributed by atoms with Gasteiger partial charge in [-0.1, -0.05) is 0 Å². The average molecular weight is 220 g/mol. The standard InChI is InChI=1S/C6H6ClN3O2S/c7-4-2-1-3(12-4)5(11)9-10-6(8)13/h1-2H,(H,9,11)(H3,8,10,13). The third-order valence-corrected chi connectivity index (χ3v) is 1.40. The van der Waals surface area contributed by atoms with Gasteiger partial charge in [-0.05, 0) is 36.0 Å². The van der Waals surface area contributed by atoms with E-state index in [0.717, 1.165) is 0 Å². The Labute approximate surface area is 84.2 Å². The van der Waals surface area contributed by atoms with E-state index >= 15 is 0 Å². The predicted octanol–water partition coefficient (Wildman–Crippen LogP) is 0.411. The fourth-order valence-corrected chi connectivity index (χ4v) is 0.813. The Morgan fingerprint density at radius 2 is 2.23 bits per heavy atom. The van der Waals surface area contributed by atoms with Gasteiger partial charge >= 0.3 is 5.91 Å². The molecule has 0 aliphatic carbocycles. The molecule has 1 rings (SSSR count). The summed E-state index contributed by atoms with van der Waals surface area (Å²) in [5.41, 5.74) is 9.54. The van der Waals surface area contributed by atoms with Crippen LogP contribution in [0.5, 0.6) is 0 Å². The van der Waals surface area contributed by atoms with Crippen molar-refractivity contribution in [1.29, 1.82) is 0 Å². The van der Waals surface area contributed by atoms with Crippen LogP contribution in [0.25, 0.3) is 0 Å². The maximum absolute atomic E-state index is 11.1. The molecule has 13 heavy (non-hydrogen) atoms. The lowest BCUT2D eigenvalue weighted by molar-refractivity contribution is 0.0916. The van der Waals surface area contributed by atoms with Crippen LogP contribution in [-0.4, -0.2) is 11.0 Å². The maximum atomic E-state index is 11.1. The second-order valence-corrected chi connectivity index (χ2v) is 2.86. The average Bonchev–Trinajstić information content (AvgIpc) is 2.47. The van der Waals surface area contributed by atoms with E-state index in [-0.39, 0.29) is 16.1 Å². The Morgan fingerprint density at radius 3 is 2.69 bits per heavy atom. The van der Waals surface area contributed by atoms with Crippen LogP contribution < -0.4 is 16.6 Å². The molecule has 1 amide bonds. The molecule has 5 nitrogen and oxygen atoms in total. The van der Waals surface area contributed by atoms with Crippen molar-refractivity contribution >= 4 is 34.8 Å². The van der Waals surface area contributed by atoms with Crippen molar-refractivity contribution in [2.24, 2.45) is 5.73 Å². The van der Waals surface area contributed by atoms with Gasteiger partial charge in [0.05, 0.1) is 0 Å². The van der Waals surface area contributed by atoms with Crippen LogP contribution in [0.4, 0.5) is 0 Å². The van der Waals surface area contributed by atoms with E-state index in [9.17, 15) is 4.79 Å². The lowest BCUT2D eigenvalue weighted by atomic mass is 10.4. The lowest BCUT2D eigenvalue weighted by Gasteiger charge is -2.02. The zero-order chi connectivity index (χ0) is 9.84. The Kier molecular flexibility index (Phi) is 3.10. The van der Waals surface area contributed by atoms with Crippen molar-refractivity contribution in [3.63, 3.8) is 0 Å². The minimum Gasteiger partial charge on any atom is -0.439 e. The maximum Gasteiger partial charge on any atom is 0.305 e. The van der Waals surface area contributed by atoms with Gasteiger partial charge in [0.2, 0.25) is 0 Å². The van der Waals surface area contributed by atoms with E-state index in [0.29, 0.717) is 0 Å². The lowest BCUT2D eigenvalue weighted by Crippen LogP contribution is -2.44. The molecule has 70 valence electrons. The van der Waals surface area contributed by atoms with Crippen LogP contribution in [0.1, 0.15) is 10.6 Å². The summed E-state index contributed by atoms with van der Waals surface area (Å²) in [4.78, 5) is 11.1. The van der Waals surface area contributed by atoms with Crippen LogP contribution in [-0.2, 0) is 0 Å². The number of nitrogens with two attached hydrogens (primary N) is 1. The second-order valence-electron chi connectivity index (χ2n) is 2.05. The molecule has 1 aromatic heterocycles. The Morgan fingerprint density at radius 1 is 1.54 bits per heavy atom. The number of hydrogen-bond donors (Lipinski definition) is 3. The summed E-state index contributed by atoms with van der Waals surface area (Å²) < 4.78 is 4.81. The fourth-order valence-electron chi connectivity index (χ4n) is 0.616. The first kappa shape index (κ1) is 9.82. The van der Waals surface area contributed by atoms with Gasteiger partial charge in [0, 0.05) is 0 Å². The molecule has 0 spiro atoms. The third-order valence-electron chi connectivity index (χ3n) is 1.10. The predicted molar refractivity (Wildman–Crippen MR) is 51.1 cm³/mol.